The molecule has 0 bridgehead atoms. The Labute approximate surface area is 164 Å². The van der Waals surface area contributed by atoms with Gasteiger partial charge in [0.05, 0.1) is 0 Å². The monoisotopic (exact) mass is 381 g/mol. The number of Topliss-reactive ketones (excluding diaryl/α,β-unsaturated/α-hetero) is 1. The molecular formula is C22H23NOS2. The highest BCUT2D eigenvalue weighted by Crippen LogP contribution is 2.23. The number of hydrogen-bond acceptors (Lipinski definition) is 4. The van der Waals surface area contributed by atoms with Crippen LogP contribution < -0.4 is 0 Å². The van der Waals surface area contributed by atoms with Crippen LogP contribution in [0.4, 0.5) is 0 Å². The Bertz CT molecular complexity index is 766. The lowest BCUT2D eigenvalue weighted by Crippen LogP contribution is -2.34. The minimum atomic E-state index is 0.158. The van der Waals surface area contributed by atoms with E-state index in [0.29, 0.717) is 13.1 Å². The van der Waals surface area contributed by atoms with Crippen molar-refractivity contribution in [1.82, 2.24) is 4.90 Å². The molecule has 1 aliphatic rings. The van der Waals surface area contributed by atoms with Crippen molar-refractivity contribution in [2.75, 3.05) is 32.6 Å². The summed E-state index contributed by atoms with van der Waals surface area (Å²) in [6, 6.07) is 16.7. The van der Waals surface area contributed by atoms with Crippen molar-refractivity contribution in [3.63, 3.8) is 0 Å². The predicted molar refractivity (Wildman–Crippen MR) is 115 cm³/mol. The highest BCUT2D eigenvalue weighted by molar-refractivity contribution is 7.98. The SMILES string of the molecule is CSc1ccc(C=C2CN(C)CC(=Cc3ccc(SC)cc3)C2=O)cc1. The van der Waals surface area contributed by atoms with E-state index in [-0.39, 0.29) is 5.78 Å². The molecule has 2 nitrogen and oxygen atoms in total. The van der Waals surface area contributed by atoms with Gasteiger partial charge in [-0.15, -0.1) is 23.5 Å². The van der Waals surface area contributed by atoms with Gasteiger partial charge in [-0.25, -0.2) is 0 Å². The Morgan fingerprint density at radius 1 is 0.769 bits per heavy atom. The minimum Gasteiger partial charge on any atom is -0.298 e. The van der Waals surface area contributed by atoms with Crippen molar-refractivity contribution >= 4 is 41.5 Å². The molecule has 134 valence electrons. The molecule has 2 aromatic carbocycles. The fourth-order valence-corrected chi connectivity index (χ4v) is 3.83. The third-order valence-corrected chi connectivity index (χ3v) is 5.86. The van der Waals surface area contributed by atoms with Crippen LogP contribution in [0.5, 0.6) is 0 Å². The molecule has 0 amide bonds. The number of rotatable bonds is 4. The molecule has 26 heavy (non-hydrogen) atoms. The molecule has 1 fully saturated rings. The number of benzene rings is 2. The van der Waals surface area contributed by atoms with Crippen molar-refractivity contribution in [1.29, 1.82) is 0 Å². The van der Waals surface area contributed by atoms with Gasteiger partial charge in [-0.05, 0) is 67.1 Å². The summed E-state index contributed by atoms with van der Waals surface area (Å²) < 4.78 is 0. The van der Waals surface area contributed by atoms with E-state index < -0.39 is 0 Å². The van der Waals surface area contributed by atoms with Crippen molar-refractivity contribution in [3.05, 3.63) is 70.8 Å². The molecule has 0 atom stereocenters. The quantitative estimate of drug-likeness (QED) is 0.541. The van der Waals surface area contributed by atoms with E-state index in [1.54, 1.807) is 23.5 Å². The van der Waals surface area contributed by atoms with Crippen LogP contribution >= 0.6 is 23.5 Å². The highest BCUT2D eigenvalue weighted by Gasteiger charge is 2.23. The number of carbonyl (C=O) groups excluding carboxylic acids is 1. The first kappa shape index (κ1) is 19.0. The Hall–Kier alpha value is -1.75. The molecule has 0 aromatic heterocycles. The van der Waals surface area contributed by atoms with Crippen LogP contribution in [0.3, 0.4) is 0 Å². The number of likely N-dealkylation sites (N-methyl/N-ethyl adjacent to an activating group) is 1. The van der Waals surface area contributed by atoms with Gasteiger partial charge in [0.25, 0.3) is 0 Å². The second kappa shape index (κ2) is 8.76. The molecule has 0 N–H and O–H groups in total. The van der Waals surface area contributed by atoms with E-state index in [1.807, 2.05) is 12.2 Å². The van der Waals surface area contributed by atoms with E-state index in [4.69, 9.17) is 0 Å². The second-order valence-electron chi connectivity index (χ2n) is 6.39. The molecule has 0 spiro atoms. The van der Waals surface area contributed by atoms with Crippen LogP contribution in [0, 0.1) is 0 Å². The van der Waals surface area contributed by atoms with Crippen LogP contribution in [-0.4, -0.2) is 43.3 Å². The van der Waals surface area contributed by atoms with E-state index in [0.717, 1.165) is 22.3 Å². The average molecular weight is 382 g/mol. The number of ketones is 1. The summed E-state index contributed by atoms with van der Waals surface area (Å²) in [4.78, 5) is 17.6. The maximum absolute atomic E-state index is 13.0. The first-order valence-electron chi connectivity index (χ1n) is 8.51. The normalized spacial score (nSPS) is 18.7. The van der Waals surface area contributed by atoms with Gasteiger partial charge in [-0.3, -0.25) is 9.69 Å². The molecule has 2 aromatic rings. The van der Waals surface area contributed by atoms with Gasteiger partial charge < -0.3 is 0 Å². The fraction of sp³-hybridized carbons (Fsp3) is 0.227. The van der Waals surface area contributed by atoms with E-state index in [1.165, 1.54) is 9.79 Å². The zero-order valence-corrected chi connectivity index (χ0v) is 17.0. The molecule has 3 rings (SSSR count). The predicted octanol–water partition coefficient (Wildman–Crippen LogP) is 5.11. The topological polar surface area (TPSA) is 20.3 Å². The molecule has 4 heteroatoms. The third-order valence-electron chi connectivity index (χ3n) is 4.38. The standard InChI is InChI=1S/C22H23NOS2/c1-23-14-18(12-16-4-8-20(25-2)9-5-16)22(24)19(15-23)13-17-6-10-21(26-3)11-7-17/h4-13H,14-15H2,1-3H3. The Kier molecular flexibility index (Phi) is 6.41. The van der Waals surface area contributed by atoms with Crippen molar-refractivity contribution < 1.29 is 4.79 Å². The lowest BCUT2D eigenvalue weighted by Gasteiger charge is -2.26. The summed E-state index contributed by atoms with van der Waals surface area (Å²) in [5.74, 6) is 0.158. The van der Waals surface area contributed by atoms with E-state index in [2.05, 4.69) is 73.0 Å². The maximum Gasteiger partial charge on any atom is 0.187 e. The molecule has 0 saturated carbocycles. The summed E-state index contributed by atoms with van der Waals surface area (Å²) in [5, 5.41) is 0. The molecule has 0 aliphatic carbocycles. The lowest BCUT2D eigenvalue weighted by molar-refractivity contribution is -0.113. The molecule has 1 saturated heterocycles. The highest BCUT2D eigenvalue weighted by atomic mass is 32.2. The number of likely N-dealkylation sites (tertiary alicyclic amines) is 1. The number of hydrogen-bond donors (Lipinski definition) is 0. The van der Waals surface area contributed by atoms with Gasteiger partial charge in [-0.1, -0.05) is 24.3 Å². The second-order valence-corrected chi connectivity index (χ2v) is 8.15. The van der Waals surface area contributed by atoms with Crippen LogP contribution in [-0.2, 0) is 4.79 Å². The Morgan fingerprint density at radius 3 is 1.50 bits per heavy atom. The first-order valence-corrected chi connectivity index (χ1v) is 11.0. The summed E-state index contributed by atoms with van der Waals surface area (Å²) >= 11 is 3.44. The van der Waals surface area contributed by atoms with Gasteiger partial charge in [0.1, 0.15) is 0 Å². The smallest absolute Gasteiger partial charge is 0.187 e. The third kappa shape index (κ3) is 4.70. The van der Waals surface area contributed by atoms with Gasteiger partial charge in [-0.2, -0.15) is 0 Å². The fourth-order valence-electron chi connectivity index (χ4n) is 3.01. The van der Waals surface area contributed by atoms with Gasteiger partial charge in [0.15, 0.2) is 5.78 Å². The number of piperidine rings is 1. The van der Waals surface area contributed by atoms with Gasteiger partial charge >= 0.3 is 0 Å². The van der Waals surface area contributed by atoms with Crippen molar-refractivity contribution in [3.8, 4) is 0 Å². The maximum atomic E-state index is 13.0. The summed E-state index contributed by atoms with van der Waals surface area (Å²) in [5.41, 5.74) is 3.85. The lowest BCUT2D eigenvalue weighted by atomic mass is 9.94. The van der Waals surface area contributed by atoms with Crippen LogP contribution in [0.1, 0.15) is 11.1 Å². The number of carbonyl (C=O) groups is 1. The van der Waals surface area contributed by atoms with Crippen LogP contribution in [0.2, 0.25) is 0 Å². The summed E-state index contributed by atoms with van der Waals surface area (Å²) in [6.45, 7) is 1.37. The Morgan fingerprint density at radius 2 is 1.15 bits per heavy atom. The molecule has 1 aliphatic heterocycles. The average Bonchev–Trinajstić information content (AvgIpc) is 2.66. The molecular weight excluding hydrogens is 358 g/mol. The van der Waals surface area contributed by atoms with Crippen LogP contribution in [0.25, 0.3) is 12.2 Å². The van der Waals surface area contributed by atoms with Crippen molar-refractivity contribution in [2.24, 2.45) is 0 Å². The zero-order valence-electron chi connectivity index (χ0n) is 15.4. The van der Waals surface area contributed by atoms with Gasteiger partial charge in [0.2, 0.25) is 0 Å². The van der Waals surface area contributed by atoms with E-state index >= 15 is 0 Å². The van der Waals surface area contributed by atoms with E-state index in [9.17, 15) is 4.79 Å². The largest absolute Gasteiger partial charge is 0.298 e. The summed E-state index contributed by atoms with van der Waals surface area (Å²) in [7, 11) is 2.06. The minimum absolute atomic E-state index is 0.158. The Balaban J connectivity index is 1.86. The molecule has 0 radical (unpaired) electrons. The zero-order chi connectivity index (χ0) is 18.5. The number of nitrogens with zero attached hydrogens (tertiary/aromatic N) is 1. The van der Waals surface area contributed by atoms with Crippen LogP contribution in [0.15, 0.2) is 69.5 Å². The van der Waals surface area contributed by atoms with Gasteiger partial charge in [0, 0.05) is 34.0 Å². The molecule has 1 heterocycles. The summed E-state index contributed by atoms with van der Waals surface area (Å²) in [6.07, 6.45) is 8.17. The number of thioether (sulfide) groups is 2. The molecule has 0 unspecified atom stereocenters. The first-order chi connectivity index (χ1) is 12.6. The van der Waals surface area contributed by atoms with Crippen molar-refractivity contribution in [2.45, 2.75) is 9.79 Å².